The molecule has 1 aromatic rings. The lowest BCUT2D eigenvalue weighted by molar-refractivity contribution is -0.123. The number of aryl methyl sites for hydroxylation is 1. The van der Waals surface area contributed by atoms with Gasteiger partial charge in [-0.05, 0) is 42.5 Å². The maximum atomic E-state index is 12.1. The van der Waals surface area contributed by atoms with Crippen LogP contribution >= 0.6 is 11.6 Å². The van der Waals surface area contributed by atoms with Crippen LogP contribution in [0.4, 0.5) is 0 Å². The van der Waals surface area contributed by atoms with Crippen molar-refractivity contribution < 1.29 is 9.90 Å². The van der Waals surface area contributed by atoms with Crippen molar-refractivity contribution in [1.82, 2.24) is 10.6 Å². The van der Waals surface area contributed by atoms with E-state index in [1.54, 1.807) is 0 Å². The molecule has 3 N–H and O–H groups in total. The number of aliphatic hydroxyl groups excluding tert-OH is 1. The number of hydrogen-bond acceptors (Lipinski definition) is 3. The van der Waals surface area contributed by atoms with Crippen LogP contribution in [0.25, 0.3) is 0 Å². The van der Waals surface area contributed by atoms with Crippen molar-refractivity contribution in [2.45, 2.75) is 37.5 Å². The Morgan fingerprint density at radius 3 is 3.05 bits per heavy atom. The van der Waals surface area contributed by atoms with Crippen LogP contribution in [0, 0.1) is 0 Å². The van der Waals surface area contributed by atoms with Crippen molar-refractivity contribution in [3.63, 3.8) is 0 Å². The summed E-state index contributed by atoms with van der Waals surface area (Å²) in [5.41, 5.74) is 2.38. The average Bonchev–Trinajstić information content (AvgIpc) is 2.96. The van der Waals surface area contributed by atoms with E-state index in [2.05, 4.69) is 10.6 Å². The standard InChI is InChI=1S/C14H17ClN2O2/c15-9-2-3-11-8(5-9)1-4-12(11)17-14(19)13-6-10(18)7-16-13/h2-3,5,10,12-13,16,18H,1,4,6-7H2,(H,17,19). The molecule has 0 saturated carbocycles. The summed E-state index contributed by atoms with van der Waals surface area (Å²) in [4.78, 5) is 12.1. The summed E-state index contributed by atoms with van der Waals surface area (Å²) in [7, 11) is 0. The van der Waals surface area contributed by atoms with E-state index in [0.717, 1.165) is 23.4 Å². The summed E-state index contributed by atoms with van der Waals surface area (Å²) < 4.78 is 0. The number of carbonyl (C=O) groups is 1. The predicted molar refractivity (Wildman–Crippen MR) is 73.1 cm³/mol. The number of nitrogens with one attached hydrogen (secondary N) is 2. The maximum absolute atomic E-state index is 12.1. The SMILES string of the molecule is O=C(NC1CCc2cc(Cl)ccc21)C1CC(O)CN1. The Balaban J connectivity index is 1.68. The highest BCUT2D eigenvalue weighted by Crippen LogP contribution is 2.32. The highest BCUT2D eigenvalue weighted by molar-refractivity contribution is 6.30. The molecule has 1 aromatic carbocycles. The Bertz CT molecular complexity index is 506. The van der Waals surface area contributed by atoms with E-state index in [1.807, 2.05) is 18.2 Å². The lowest BCUT2D eigenvalue weighted by Gasteiger charge is -2.17. The van der Waals surface area contributed by atoms with Gasteiger partial charge in [0.2, 0.25) is 5.91 Å². The number of hydrogen-bond donors (Lipinski definition) is 3. The molecule has 1 aliphatic carbocycles. The van der Waals surface area contributed by atoms with E-state index in [0.29, 0.717) is 13.0 Å². The third kappa shape index (κ3) is 2.61. The fourth-order valence-electron chi connectivity index (χ4n) is 2.93. The molecule has 0 radical (unpaired) electrons. The monoisotopic (exact) mass is 280 g/mol. The number of halogens is 1. The summed E-state index contributed by atoms with van der Waals surface area (Å²) in [5.74, 6) is -0.0237. The first-order valence-electron chi connectivity index (χ1n) is 6.63. The largest absolute Gasteiger partial charge is 0.392 e. The fourth-order valence-corrected chi connectivity index (χ4v) is 3.12. The van der Waals surface area contributed by atoms with Crippen LogP contribution in [0.1, 0.15) is 30.0 Å². The summed E-state index contributed by atoms with van der Waals surface area (Å²) in [6.45, 7) is 0.495. The molecule has 102 valence electrons. The molecule has 2 aliphatic rings. The van der Waals surface area contributed by atoms with Gasteiger partial charge in [-0.1, -0.05) is 17.7 Å². The van der Waals surface area contributed by atoms with Gasteiger partial charge in [-0.15, -0.1) is 0 Å². The fraction of sp³-hybridized carbons (Fsp3) is 0.500. The first-order valence-corrected chi connectivity index (χ1v) is 7.01. The minimum Gasteiger partial charge on any atom is -0.392 e. The van der Waals surface area contributed by atoms with Crippen molar-refractivity contribution in [3.8, 4) is 0 Å². The number of aliphatic hydroxyl groups is 1. The smallest absolute Gasteiger partial charge is 0.237 e. The first-order chi connectivity index (χ1) is 9.13. The van der Waals surface area contributed by atoms with Crippen LogP contribution < -0.4 is 10.6 Å². The molecule has 1 fully saturated rings. The normalized spacial score (nSPS) is 29.3. The minimum absolute atomic E-state index is 0.0237. The second-order valence-corrected chi connectivity index (χ2v) is 5.73. The zero-order valence-corrected chi connectivity index (χ0v) is 11.3. The quantitative estimate of drug-likeness (QED) is 0.762. The topological polar surface area (TPSA) is 61.4 Å². The molecule has 3 unspecified atom stereocenters. The number of rotatable bonds is 2. The molecule has 19 heavy (non-hydrogen) atoms. The molecule has 0 aromatic heterocycles. The van der Waals surface area contributed by atoms with E-state index < -0.39 is 6.10 Å². The lowest BCUT2D eigenvalue weighted by atomic mass is 10.1. The summed E-state index contributed by atoms with van der Waals surface area (Å²) in [6, 6.07) is 5.63. The van der Waals surface area contributed by atoms with Gasteiger partial charge in [0, 0.05) is 11.6 Å². The van der Waals surface area contributed by atoms with E-state index in [4.69, 9.17) is 11.6 Å². The lowest BCUT2D eigenvalue weighted by Crippen LogP contribution is -2.41. The van der Waals surface area contributed by atoms with Crippen molar-refractivity contribution >= 4 is 17.5 Å². The summed E-state index contributed by atoms with van der Waals surface area (Å²) in [6.07, 6.45) is 1.94. The second-order valence-electron chi connectivity index (χ2n) is 5.29. The van der Waals surface area contributed by atoms with Crippen LogP contribution in [-0.2, 0) is 11.2 Å². The average molecular weight is 281 g/mol. The van der Waals surface area contributed by atoms with E-state index in [1.165, 1.54) is 5.56 Å². The number of amides is 1. The van der Waals surface area contributed by atoms with Crippen molar-refractivity contribution in [3.05, 3.63) is 34.3 Å². The molecule has 0 bridgehead atoms. The molecule has 1 heterocycles. The van der Waals surface area contributed by atoms with Crippen LogP contribution in [0.15, 0.2) is 18.2 Å². The molecule has 3 atom stereocenters. The van der Waals surface area contributed by atoms with Crippen molar-refractivity contribution in [2.24, 2.45) is 0 Å². The van der Waals surface area contributed by atoms with Crippen LogP contribution in [0.2, 0.25) is 5.02 Å². The van der Waals surface area contributed by atoms with Gasteiger partial charge in [-0.3, -0.25) is 4.79 Å². The van der Waals surface area contributed by atoms with Gasteiger partial charge in [0.05, 0.1) is 18.2 Å². The molecule has 1 amide bonds. The molecular formula is C14H17ClN2O2. The van der Waals surface area contributed by atoms with Gasteiger partial charge in [0.25, 0.3) is 0 Å². The Morgan fingerprint density at radius 2 is 2.32 bits per heavy atom. The number of fused-ring (bicyclic) bond motifs is 1. The number of carbonyl (C=O) groups excluding carboxylic acids is 1. The van der Waals surface area contributed by atoms with Gasteiger partial charge in [0.1, 0.15) is 0 Å². The van der Waals surface area contributed by atoms with Gasteiger partial charge in [-0.2, -0.15) is 0 Å². The molecule has 1 saturated heterocycles. The van der Waals surface area contributed by atoms with Gasteiger partial charge < -0.3 is 15.7 Å². The molecule has 1 aliphatic heterocycles. The van der Waals surface area contributed by atoms with Crippen LogP contribution in [0.5, 0.6) is 0 Å². The van der Waals surface area contributed by atoms with Crippen molar-refractivity contribution in [2.75, 3.05) is 6.54 Å². The van der Waals surface area contributed by atoms with Crippen LogP contribution in [0.3, 0.4) is 0 Å². The highest BCUT2D eigenvalue weighted by Gasteiger charge is 2.31. The molecule has 3 rings (SSSR count). The molecule has 5 heteroatoms. The molecular weight excluding hydrogens is 264 g/mol. The maximum Gasteiger partial charge on any atom is 0.237 e. The summed E-state index contributed by atoms with van der Waals surface area (Å²) >= 11 is 5.97. The zero-order chi connectivity index (χ0) is 13.4. The first kappa shape index (κ1) is 12.9. The van der Waals surface area contributed by atoms with Crippen LogP contribution in [-0.4, -0.2) is 29.7 Å². The van der Waals surface area contributed by atoms with Gasteiger partial charge in [0.15, 0.2) is 0 Å². The Hall–Kier alpha value is -1.10. The summed E-state index contributed by atoms with van der Waals surface area (Å²) in [5, 5.41) is 16.3. The third-order valence-electron chi connectivity index (χ3n) is 3.92. The Labute approximate surface area is 117 Å². The minimum atomic E-state index is -0.412. The van der Waals surface area contributed by atoms with E-state index in [9.17, 15) is 9.90 Å². The predicted octanol–water partition coefficient (Wildman–Crippen LogP) is 1.17. The third-order valence-corrected chi connectivity index (χ3v) is 4.16. The van der Waals surface area contributed by atoms with E-state index in [-0.39, 0.29) is 18.0 Å². The Kier molecular flexibility index (Phi) is 3.48. The van der Waals surface area contributed by atoms with Gasteiger partial charge in [-0.25, -0.2) is 0 Å². The second kappa shape index (κ2) is 5.12. The highest BCUT2D eigenvalue weighted by atomic mass is 35.5. The molecule has 0 spiro atoms. The zero-order valence-electron chi connectivity index (χ0n) is 10.5. The van der Waals surface area contributed by atoms with E-state index >= 15 is 0 Å². The number of benzene rings is 1. The molecule has 4 nitrogen and oxygen atoms in total. The van der Waals surface area contributed by atoms with Crippen molar-refractivity contribution in [1.29, 1.82) is 0 Å². The Morgan fingerprint density at radius 1 is 1.47 bits per heavy atom. The number of β-amino-alcohol motifs (C(OH)–C–C–N with tert-alkyl or cyclic N) is 1. The van der Waals surface area contributed by atoms with Gasteiger partial charge >= 0.3 is 0 Å².